The number of aromatic nitrogens is 3. The van der Waals surface area contributed by atoms with Gasteiger partial charge in [-0.1, -0.05) is 25.1 Å². The van der Waals surface area contributed by atoms with Gasteiger partial charge in [0.1, 0.15) is 10.7 Å². The number of likely N-dealkylation sites (tertiary alicyclic amines) is 1. The number of para-hydroxylation sites is 1. The van der Waals surface area contributed by atoms with Gasteiger partial charge >= 0.3 is 0 Å². The van der Waals surface area contributed by atoms with Crippen LogP contribution in [0.25, 0.3) is 16.3 Å². The highest BCUT2D eigenvalue weighted by Gasteiger charge is 2.23. The molecular formula is C20H23N5OS. The second-order valence-corrected chi connectivity index (χ2v) is 7.54. The third-order valence-electron chi connectivity index (χ3n) is 4.99. The highest BCUT2D eigenvalue weighted by molar-refractivity contribution is 7.13. The van der Waals surface area contributed by atoms with Crippen LogP contribution < -0.4 is 5.32 Å². The number of rotatable bonds is 6. The fourth-order valence-electron chi connectivity index (χ4n) is 3.51. The van der Waals surface area contributed by atoms with Gasteiger partial charge < -0.3 is 5.32 Å². The van der Waals surface area contributed by atoms with Gasteiger partial charge in [0.2, 0.25) is 0 Å². The first kappa shape index (κ1) is 17.9. The number of nitrogens with one attached hydrogen (secondary N) is 1. The van der Waals surface area contributed by atoms with Crippen LogP contribution in [-0.2, 0) is 0 Å². The molecule has 1 aromatic carbocycles. The molecule has 140 valence electrons. The summed E-state index contributed by atoms with van der Waals surface area (Å²) in [6, 6.07) is 10.4. The highest BCUT2D eigenvalue weighted by atomic mass is 32.1. The molecule has 1 N–H and O–H groups in total. The predicted molar refractivity (Wildman–Crippen MR) is 107 cm³/mol. The largest absolute Gasteiger partial charge is 0.349 e. The van der Waals surface area contributed by atoms with Crippen molar-refractivity contribution in [1.82, 2.24) is 25.0 Å². The number of thiazole rings is 1. The van der Waals surface area contributed by atoms with Crippen LogP contribution in [0.1, 0.15) is 30.3 Å². The third-order valence-corrected chi connectivity index (χ3v) is 5.88. The molecule has 3 heterocycles. The summed E-state index contributed by atoms with van der Waals surface area (Å²) in [5, 5.41) is 10.1. The minimum absolute atomic E-state index is 0.101. The summed E-state index contributed by atoms with van der Waals surface area (Å²) in [7, 11) is 0. The van der Waals surface area contributed by atoms with Gasteiger partial charge in [0.15, 0.2) is 0 Å². The Hall–Kier alpha value is -2.51. The molecule has 1 aliphatic heterocycles. The van der Waals surface area contributed by atoms with E-state index >= 15 is 0 Å². The zero-order chi connectivity index (χ0) is 18.6. The standard InChI is InChI=1S/C20H23N5OS/c1-2-24-10-6-9-17(24)12-21-19(26)18-14-27-20(23-18)15-11-22-25(13-15)16-7-4-3-5-8-16/h3-5,7-8,11,13-14,17H,2,6,9-10,12H2,1H3,(H,21,26). The van der Waals surface area contributed by atoms with Gasteiger partial charge in [-0.15, -0.1) is 11.3 Å². The zero-order valence-electron chi connectivity index (χ0n) is 15.3. The zero-order valence-corrected chi connectivity index (χ0v) is 16.2. The molecule has 27 heavy (non-hydrogen) atoms. The van der Waals surface area contributed by atoms with Crippen molar-refractivity contribution in [3.05, 3.63) is 53.8 Å². The molecule has 0 spiro atoms. The van der Waals surface area contributed by atoms with Crippen molar-refractivity contribution in [1.29, 1.82) is 0 Å². The van der Waals surface area contributed by atoms with E-state index in [1.54, 1.807) is 6.20 Å². The summed E-state index contributed by atoms with van der Waals surface area (Å²) >= 11 is 1.47. The van der Waals surface area contributed by atoms with E-state index < -0.39 is 0 Å². The average molecular weight is 382 g/mol. The SMILES string of the molecule is CCN1CCCC1CNC(=O)c1csc(-c2cnn(-c3ccccc3)c2)n1. The molecule has 2 aromatic heterocycles. The maximum Gasteiger partial charge on any atom is 0.270 e. The minimum Gasteiger partial charge on any atom is -0.349 e. The van der Waals surface area contributed by atoms with Crippen molar-refractivity contribution >= 4 is 17.2 Å². The van der Waals surface area contributed by atoms with Crippen LogP contribution in [0, 0.1) is 0 Å². The highest BCUT2D eigenvalue weighted by Crippen LogP contribution is 2.24. The molecule has 3 aromatic rings. The molecule has 0 bridgehead atoms. The molecule has 4 rings (SSSR count). The number of carbonyl (C=O) groups excluding carboxylic acids is 1. The second-order valence-electron chi connectivity index (χ2n) is 6.68. The molecule has 0 saturated carbocycles. The van der Waals surface area contributed by atoms with Gasteiger partial charge in [0.05, 0.1) is 11.9 Å². The molecule has 0 radical (unpaired) electrons. The minimum atomic E-state index is -0.101. The van der Waals surface area contributed by atoms with Gasteiger partial charge in [0, 0.05) is 29.7 Å². The van der Waals surface area contributed by atoms with Gasteiger partial charge in [0.25, 0.3) is 5.91 Å². The molecule has 1 fully saturated rings. The lowest BCUT2D eigenvalue weighted by atomic mass is 10.2. The molecule has 1 aliphatic rings. The number of likely N-dealkylation sites (N-methyl/N-ethyl adjacent to an activating group) is 1. The van der Waals surface area contributed by atoms with Crippen molar-refractivity contribution in [2.45, 2.75) is 25.8 Å². The number of hydrogen-bond acceptors (Lipinski definition) is 5. The van der Waals surface area contributed by atoms with E-state index in [0.29, 0.717) is 18.3 Å². The lowest BCUT2D eigenvalue weighted by molar-refractivity contribution is 0.0937. The van der Waals surface area contributed by atoms with E-state index in [-0.39, 0.29) is 5.91 Å². The van der Waals surface area contributed by atoms with Crippen molar-refractivity contribution in [3.8, 4) is 16.3 Å². The van der Waals surface area contributed by atoms with Crippen molar-refractivity contribution in [2.75, 3.05) is 19.6 Å². The Bertz CT molecular complexity index is 904. The van der Waals surface area contributed by atoms with Crippen LogP contribution >= 0.6 is 11.3 Å². The smallest absolute Gasteiger partial charge is 0.270 e. The molecular weight excluding hydrogens is 358 g/mol. The quantitative estimate of drug-likeness (QED) is 0.712. The van der Waals surface area contributed by atoms with E-state index in [9.17, 15) is 4.79 Å². The van der Waals surface area contributed by atoms with Crippen molar-refractivity contribution in [3.63, 3.8) is 0 Å². The van der Waals surface area contributed by atoms with E-state index in [4.69, 9.17) is 0 Å². The molecule has 1 saturated heterocycles. The first-order valence-electron chi connectivity index (χ1n) is 9.33. The van der Waals surface area contributed by atoms with Crippen LogP contribution in [-0.4, -0.2) is 51.2 Å². The van der Waals surface area contributed by atoms with Gasteiger partial charge in [-0.2, -0.15) is 5.10 Å². The van der Waals surface area contributed by atoms with Crippen LogP contribution in [0.4, 0.5) is 0 Å². The van der Waals surface area contributed by atoms with E-state index in [2.05, 4.69) is 27.2 Å². The summed E-state index contributed by atoms with van der Waals surface area (Å²) < 4.78 is 1.82. The maximum absolute atomic E-state index is 12.5. The summed E-state index contributed by atoms with van der Waals surface area (Å²) in [5.41, 5.74) is 2.38. The fraction of sp³-hybridized carbons (Fsp3) is 0.350. The lowest BCUT2D eigenvalue weighted by Gasteiger charge is -2.22. The van der Waals surface area contributed by atoms with E-state index in [1.165, 1.54) is 17.8 Å². The van der Waals surface area contributed by atoms with Gasteiger partial charge in [-0.3, -0.25) is 9.69 Å². The fourth-order valence-corrected chi connectivity index (χ4v) is 4.29. The third kappa shape index (κ3) is 3.94. The van der Waals surface area contributed by atoms with Crippen molar-refractivity contribution < 1.29 is 4.79 Å². The predicted octanol–water partition coefficient (Wildman–Crippen LogP) is 3.21. The Morgan fingerprint density at radius 2 is 2.19 bits per heavy atom. The first-order chi connectivity index (χ1) is 13.2. The Kier molecular flexibility index (Phi) is 5.31. The van der Waals surface area contributed by atoms with Crippen molar-refractivity contribution in [2.24, 2.45) is 0 Å². The number of nitrogens with zero attached hydrogens (tertiary/aromatic N) is 4. The normalized spacial score (nSPS) is 17.3. The average Bonchev–Trinajstić information content (AvgIpc) is 3.46. The van der Waals surface area contributed by atoms with E-state index in [1.807, 2.05) is 46.6 Å². The first-order valence-corrected chi connectivity index (χ1v) is 10.2. The second kappa shape index (κ2) is 8.02. The molecule has 1 amide bonds. The molecule has 1 unspecified atom stereocenters. The van der Waals surface area contributed by atoms with Gasteiger partial charge in [-0.05, 0) is 38.1 Å². The summed E-state index contributed by atoms with van der Waals surface area (Å²) in [6.07, 6.45) is 6.08. The molecule has 0 aliphatic carbocycles. The van der Waals surface area contributed by atoms with Gasteiger partial charge in [-0.25, -0.2) is 9.67 Å². The Morgan fingerprint density at radius 3 is 3.00 bits per heavy atom. The lowest BCUT2D eigenvalue weighted by Crippen LogP contribution is -2.40. The van der Waals surface area contributed by atoms with Crippen LogP contribution in [0.2, 0.25) is 0 Å². The number of amides is 1. The summed E-state index contributed by atoms with van der Waals surface area (Å²) in [4.78, 5) is 19.4. The Balaban J connectivity index is 1.41. The summed E-state index contributed by atoms with van der Waals surface area (Å²) in [5.74, 6) is -0.101. The maximum atomic E-state index is 12.5. The molecule has 6 nitrogen and oxygen atoms in total. The van der Waals surface area contributed by atoms with Crippen LogP contribution in [0.15, 0.2) is 48.1 Å². The number of carbonyl (C=O) groups is 1. The monoisotopic (exact) mass is 381 g/mol. The topological polar surface area (TPSA) is 63.1 Å². The molecule has 7 heteroatoms. The number of hydrogen-bond donors (Lipinski definition) is 1. The van der Waals surface area contributed by atoms with E-state index in [0.717, 1.165) is 35.8 Å². The van der Waals surface area contributed by atoms with Crippen LogP contribution in [0.3, 0.4) is 0 Å². The molecule has 1 atom stereocenters. The Morgan fingerprint density at radius 1 is 1.33 bits per heavy atom. The Labute approximate surface area is 162 Å². The summed E-state index contributed by atoms with van der Waals surface area (Å²) in [6.45, 7) is 5.02. The van der Waals surface area contributed by atoms with Crippen LogP contribution in [0.5, 0.6) is 0 Å². The number of benzene rings is 1.